The Bertz CT molecular complexity index is 1570. The van der Waals surface area contributed by atoms with Gasteiger partial charge in [-0.15, -0.1) is 0 Å². The van der Waals surface area contributed by atoms with Crippen molar-refractivity contribution in [2.24, 2.45) is 4.99 Å². The van der Waals surface area contributed by atoms with Crippen molar-refractivity contribution in [3.05, 3.63) is 58.9 Å². The molecule has 2 aromatic rings. The van der Waals surface area contributed by atoms with Gasteiger partial charge in [0.1, 0.15) is 17.1 Å². The van der Waals surface area contributed by atoms with E-state index in [1.54, 1.807) is 7.05 Å². The number of methoxy groups -OCH3 is 3. The third-order valence-electron chi connectivity index (χ3n) is 6.56. The van der Waals surface area contributed by atoms with Crippen LogP contribution < -0.4 is 20.7 Å². The van der Waals surface area contributed by atoms with Gasteiger partial charge in [-0.3, -0.25) is 14.6 Å². The van der Waals surface area contributed by atoms with E-state index in [0.717, 1.165) is 27.6 Å². The van der Waals surface area contributed by atoms with Gasteiger partial charge in [-0.1, -0.05) is 0 Å². The Morgan fingerprint density at radius 3 is 2.29 bits per heavy atom. The molecule has 1 aliphatic carbocycles. The van der Waals surface area contributed by atoms with Crippen molar-refractivity contribution < 1.29 is 28.2 Å². The summed E-state index contributed by atoms with van der Waals surface area (Å²) in [5, 5.41) is 1.57. The highest BCUT2D eigenvalue weighted by Gasteiger charge is 2.26. The van der Waals surface area contributed by atoms with Crippen LogP contribution in [0.25, 0.3) is 33.4 Å². The van der Waals surface area contributed by atoms with E-state index in [1.807, 2.05) is 61.5 Å². The molecule has 0 unspecified atom stereocenters. The molecular weight excluding hydrogens is 486 g/mol. The summed E-state index contributed by atoms with van der Waals surface area (Å²) >= 11 is 0. The predicted molar refractivity (Wildman–Crippen MR) is 146 cm³/mol. The summed E-state index contributed by atoms with van der Waals surface area (Å²) in [4.78, 5) is 31.1. The van der Waals surface area contributed by atoms with Crippen molar-refractivity contribution in [2.75, 3.05) is 53.1 Å². The molecule has 4 rings (SSSR count). The van der Waals surface area contributed by atoms with Crippen LogP contribution in [0, 0.1) is 0 Å². The number of anilines is 2. The Balaban J connectivity index is 2.19. The lowest BCUT2D eigenvalue weighted by molar-refractivity contribution is -0.140. The molecule has 0 bridgehead atoms. The molecule has 1 aliphatic heterocycles. The van der Waals surface area contributed by atoms with Crippen molar-refractivity contribution in [3.63, 3.8) is 0 Å². The second-order valence-corrected chi connectivity index (χ2v) is 8.97. The summed E-state index contributed by atoms with van der Waals surface area (Å²) in [6.07, 6.45) is -0.161. The molecule has 0 atom stereocenters. The second kappa shape index (κ2) is 10.8. The molecule has 0 aromatic heterocycles. The summed E-state index contributed by atoms with van der Waals surface area (Å²) < 4.78 is 22.0. The summed E-state index contributed by atoms with van der Waals surface area (Å²) in [5.74, 6) is 0.00806. The van der Waals surface area contributed by atoms with Crippen LogP contribution in [0.2, 0.25) is 0 Å². The van der Waals surface area contributed by atoms with Gasteiger partial charge in [0.2, 0.25) is 0 Å². The number of nitrogens with two attached hydrogens (primary N) is 1. The van der Waals surface area contributed by atoms with Crippen molar-refractivity contribution >= 4 is 34.3 Å². The molecule has 0 radical (unpaired) electrons. The number of rotatable bonds is 7. The number of fused-ring (bicyclic) bond motifs is 2. The first-order chi connectivity index (χ1) is 18.2. The minimum Gasteiger partial charge on any atom is -0.494 e. The Labute approximate surface area is 220 Å². The number of ether oxygens (including phenoxy) is 3. The van der Waals surface area contributed by atoms with Crippen molar-refractivity contribution in [1.82, 2.24) is 0 Å². The van der Waals surface area contributed by atoms with Gasteiger partial charge in [0, 0.05) is 61.0 Å². The monoisotopic (exact) mass is 517 g/mol. The Morgan fingerprint density at radius 1 is 0.947 bits per heavy atom. The van der Waals surface area contributed by atoms with Crippen molar-refractivity contribution in [2.45, 2.75) is 12.8 Å². The maximum atomic E-state index is 12.6. The third kappa shape index (κ3) is 4.87. The van der Waals surface area contributed by atoms with E-state index in [0.29, 0.717) is 33.8 Å². The quantitative estimate of drug-likeness (QED) is 0.223. The van der Waals surface area contributed by atoms with Crippen molar-refractivity contribution in [1.29, 1.82) is 0 Å². The largest absolute Gasteiger partial charge is 0.494 e. The lowest BCUT2D eigenvalue weighted by Gasteiger charge is -2.23. The van der Waals surface area contributed by atoms with Crippen LogP contribution in [0.3, 0.4) is 0 Å². The van der Waals surface area contributed by atoms with Gasteiger partial charge in [0.25, 0.3) is 0 Å². The van der Waals surface area contributed by atoms with Gasteiger partial charge < -0.3 is 29.3 Å². The highest BCUT2D eigenvalue weighted by Crippen LogP contribution is 2.46. The Morgan fingerprint density at radius 2 is 1.66 bits per heavy atom. The molecule has 0 amide bonds. The van der Waals surface area contributed by atoms with Gasteiger partial charge in [-0.2, -0.15) is 0 Å². The molecule has 0 fully saturated rings. The maximum Gasteiger partial charge on any atom is 0.310 e. The number of esters is 2. The van der Waals surface area contributed by atoms with E-state index in [9.17, 15) is 9.59 Å². The van der Waals surface area contributed by atoms with Crippen LogP contribution in [-0.2, 0) is 31.9 Å². The van der Waals surface area contributed by atoms with Gasteiger partial charge >= 0.3 is 11.9 Å². The summed E-state index contributed by atoms with van der Waals surface area (Å²) in [6.45, 7) is 0. The zero-order valence-electron chi connectivity index (χ0n) is 22.4. The standard InChI is InChI=1S/C29H31N3O6/c1-31-17-7-9-19-23(13-17)38-24-14-18(32(2)3)8-10-20(24)27(19)21-11-16(12-25(33)35-4)28(30)29(37-6)22(21)15-26(34)36-5/h7-11,13-14H,12,15,30H2,1-6H3. The van der Waals surface area contributed by atoms with Crippen molar-refractivity contribution in [3.8, 4) is 28.2 Å². The fraction of sp³-hybridized carbons (Fsp3) is 0.276. The summed E-state index contributed by atoms with van der Waals surface area (Å²) in [5.41, 5.74) is 11.6. The van der Waals surface area contributed by atoms with Crippen LogP contribution in [-0.4, -0.2) is 54.4 Å². The Kier molecular flexibility index (Phi) is 7.57. The minimum atomic E-state index is -0.458. The average Bonchev–Trinajstić information content (AvgIpc) is 2.92. The number of carbonyl (C=O) groups is 2. The zero-order valence-corrected chi connectivity index (χ0v) is 22.4. The lowest BCUT2D eigenvalue weighted by Crippen LogP contribution is -2.13. The SMILES string of the molecule is CN=c1ccc2c(-c3cc(CC(=O)OC)c(N)c(OC)c3CC(=O)OC)c3ccc(N(C)C)cc3oc-2c1. The van der Waals surface area contributed by atoms with E-state index in [1.165, 1.54) is 21.3 Å². The molecule has 2 aliphatic rings. The van der Waals surface area contributed by atoms with Gasteiger partial charge in [0.15, 0.2) is 0 Å². The third-order valence-corrected chi connectivity index (χ3v) is 6.56. The topological polar surface area (TPSA) is 117 Å². The second-order valence-electron chi connectivity index (χ2n) is 8.97. The van der Waals surface area contributed by atoms with Crippen LogP contribution in [0.1, 0.15) is 11.1 Å². The van der Waals surface area contributed by atoms with Crippen LogP contribution in [0.4, 0.5) is 11.4 Å². The molecule has 0 saturated heterocycles. The number of hydrogen-bond donors (Lipinski definition) is 1. The first-order valence-corrected chi connectivity index (χ1v) is 11.9. The smallest absolute Gasteiger partial charge is 0.310 e. The predicted octanol–water partition coefficient (Wildman–Crippen LogP) is 3.82. The molecule has 0 saturated carbocycles. The maximum absolute atomic E-state index is 12.6. The molecule has 198 valence electrons. The normalized spacial score (nSPS) is 11.6. The van der Waals surface area contributed by atoms with Crippen LogP contribution in [0.15, 0.2) is 51.9 Å². The van der Waals surface area contributed by atoms with Gasteiger partial charge in [-0.05, 0) is 41.5 Å². The number of nitrogens with zero attached hydrogens (tertiary/aromatic N) is 2. The first-order valence-electron chi connectivity index (χ1n) is 11.9. The van der Waals surface area contributed by atoms with E-state index >= 15 is 0 Å². The van der Waals surface area contributed by atoms with Crippen LogP contribution >= 0.6 is 0 Å². The highest BCUT2D eigenvalue weighted by atomic mass is 16.5. The fourth-order valence-electron chi connectivity index (χ4n) is 4.57. The zero-order chi connectivity index (χ0) is 27.6. The molecule has 9 heteroatoms. The molecular formula is C29H31N3O6. The first kappa shape index (κ1) is 26.5. The van der Waals surface area contributed by atoms with E-state index < -0.39 is 11.9 Å². The average molecular weight is 518 g/mol. The number of carbonyl (C=O) groups excluding carboxylic acids is 2. The van der Waals surface area contributed by atoms with Gasteiger partial charge in [-0.25, -0.2) is 0 Å². The molecule has 38 heavy (non-hydrogen) atoms. The van der Waals surface area contributed by atoms with E-state index in [-0.39, 0.29) is 18.5 Å². The van der Waals surface area contributed by atoms with Crippen LogP contribution in [0.5, 0.6) is 5.75 Å². The number of hydrogen-bond acceptors (Lipinski definition) is 9. The lowest BCUT2D eigenvalue weighted by atomic mass is 9.87. The van der Waals surface area contributed by atoms with E-state index in [2.05, 4.69) is 4.99 Å². The summed E-state index contributed by atoms with van der Waals surface area (Å²) in [6, 6.07) is 13.4. The molecule has 9 nitrogen and oxygen atoms in total. The number of nitrogen functional groups attached to an aromatic ring is 1. The fourth-order valence-corrected chi connectivity index (χ4v) is 4.57. The van der Waals surface area contributed by atoms with Gasteiger partial charge in [0.05, 0.1) is 45.2 Å². The molecule has 2 N–H and O–H groups in total. The highest BCUT2D eigenvalue weighted by molar-refractivity contribution is 6.05. The molecule has 0 spiro atoms. The minimum absolute atomic E-state index is 0.0685. The number of benzene rings is 3. The Hall–Kier alpha value is -4.53. The summed E-state index contributed by atoms with van der Waals surface area (Å²) in [7, 11) is 9.75. The van der Waals surface area contributed by atoms with E-state index in [4.69, 9.17) is 24.4 Å². The molecule has 2 aromatic carbocycles. The molecule has 1 heterocycles.